The fourth-order valence-electron chi connectivity index (χ4n) is 3.07. The minimum absolute atomic E-state index is 0.481. The number of piperidine rings is 1. The van der Waals surface area contributed by atoms with Crippen LogP contribution >= 0.6 is 0 Å². The Morgan fingerprint density at radius 1 is 1.21 bits per heavy atom. The van der Waals surface area contributed by atoms with E-state index in [2.05, 4.69) is 39.5 Å². The largest absolute Gasteiger partial charge is 0.300 e. The second-order valence-electron chi connectivity index (χ2n) is 5.72. The predicted molar refractivity (Wildman–Crippen MR) is 63.5 cm³/mol. The van der Waals surface area contributed by atoms with Crippen molar-refractivity contribution in [3.8, 4) is 0 Å². The SMILES string of the molecule is CC[C@@H]1[C@@H](C(C)(C)C)CCCN1CC. The third-order valence-electron chi connectivity index (χ3n) is 3.83. The Morgan fingerprint density at radius 2 is 1.86 bits per heavy atom. The first-order chi connectivity index (χ1) is 6.50. The monoisotopic (exact) mass is 197 g/mol. The molecule has 1 nitrogen and oxygen atoms in total. The predicted octanol–water partition coefficient (Wildman–Crippen LogP) is 3.54. The molecule has 84 valence electrons. The van der Waals surface area contributed by atoms with Crippen molar-refractivity contribution in [1.82, 2.24) is 4.90 Å². The van der Waals surface area contributed by atoms with E-state index in [9.17, 15) is 0 Å². The number of rotatable bonds is 2. The third kappa shape index (κ3) is 2.50. The molecule has 1 aliphatic heterocycles. The van der Waals surface area contributed by atoms with Crippen LogP contribution in [0.4, 0.5) is 0 Å². The second-order valence-corrected chi connectivity index (χ2v) is 5.72. The highest BCUT2D eigenvalue weighted by Gasteiger charge is 2.36. The normalized spacial score (nSPS) is 30.6. The van der Waals surface area contributed by atoms with Crippen LogP contribution in [-0.4, -0.2) is 24.0 Å². The molecule has 1 saturated heterocycles. The van der Waals surface area contributed by atoms with Crippen LogP contribution in [0.2, 0.25) is 0 Å². The Balaban J connectivity index is 2.73. The summed E-state index contributed by atoms with van der Waals surface area (Å²) in [6.45, 7) is 14.4. The van der Waals surface area contributed by atoms with Gasteiger partial charge in [0, 0.05) is 6.04 Å². The Hall–Kier alpha value is -0.0400. The van der Waals surface area contributed by atoms with Gasteiger partial charge in [0.05, 0.1) is 0 Å². The minimum atomic E-state index is 0.481. The van der Waals surface area contributed by atoms with Gasteiger partial charge in [-0.1, -0.05) is 34.6 Å². The van der Waals surface area contributed by atoms with Crippen molar-refractivity contribution in [2.75, 3.05) is 13.1 Å². The Labute approximate surface area is 89.9 Å². The van der Waals surface area contributed by atoms with Crippen LogP contribution in [0, 0.1) is 11.3 Å². The van der Waals surface area contributed by atoms with Crippen molar-refractivity contribution in [2.45, 2.75) is 59.9 Å². The van der Waals surface area contributed by atoms with Crippen LogP contribution in [0.3, 0.4) is 0 Å². The molecule has 0 radical (unpaired) electrons. The molecule has 1 heterocycles. The lowest BCUT2D eigenvalue weighted by atomic mass is 9.71. The molecule has 0 aromatic heterocycles. The lowest BCUT2D eigenvalue weighted by Crippen LogP contribution is -2.48. The van der Waals surface area contributed by atoms with E-state index < -0.39 is 0 Å². The van der Waals surface area contributed by atoms with Crippen LogP contribution in [-0.2, 0) is 0 Å². The zero-order chi connectivity index (χ0) is 10.8. The van der Waals surface area contributed by atoms with Crippen LogP contribution in [0.25, 0.3) is 0 Å². The average molecular weight is 197 g/mol. The first kappa shape index (κ1) is 12.0. The van der Waals surface area contributed by atoms with E-state index in [0.717, 1.165) is 12.0 Å². The first-order valence-electron chi connectivity index (χ1n) is 6.24. The summed E-state index contributed by atoms with van der Waals surface area (Å²) < 4.78 is 0. The molecule has 1 fully saturated rings. The molecule has 0 aliphatic carbocycles. The zero-order valence-electron chi connectivity index (χ0n) is 10.6. The number of hydrogen-bond donors (Lipinski definition) is 0. The highest BCUT2D eigenvalue weighted by Crippen LogP contribution is 2.38. The molecule has 1 rings (SSSR count). The quantitative estimate of drug-likeness (QED) is 0.654. The van der Waals surface area contributed by atoms with Gasteiger partial charge in [0.25, 0.3) is 0 Å². The molecule has 0 amide bonds. The summed E-state index contributed by atoms with van der Waals surface area (Å²) in [5.41, 5.74) is 0.481. The van der Waals surface area contributed by atoms with Gasteiger partial charge in [-0.25, -0.2) is 0 Å². The lowest BCUT2D eigenvalue weighted by molar-refractivity contribution is 0.0328. The van der Waals surface area contributed by atoms with Crippen molar-refractivity contribution in [1.29, 1.82) is 0 Å². The van der Waals surface area contributed by atoms with Crippen molar-refractivity contribution in [3.05, 3.63) is 0 Å². The number of hydrogen-bond acceptors (Lipinski definition) is 1. The van der Waals surface area contributed by atoms with E-state index in [0.29, 0.717) is 5.41 Å². The van der Waals surface area contributed by atoms with Gasteiger partial charge in [-0.15, -0.1) is 0 Å². The summed E-state index contributed by atoms with van der Waals surface area (Å²) in [6.07, 6.45) is 4.14. The fourth-order valence-corrected chi connectivity index (χ4v) is 3.07. The maximum atomic E-state index is 2.68. The molecule has 0 saturated carbocycles. The van der Waals surface area contributed by atoms with Gasteiger partial charge in [0.15, 0.2) is 0 Å². The van der Waals surface area contributed by atoms with Gasteiger partial charge in [0.1, 0.15) is 0 Å². The van der Waals surface area contributed by atoms with Gasteiger partial charge in [0.2, 0.25) is 0 Å². The summed E-state index contributed by atoms with van der Waals surface area (Å²) >= 11 is 0. The van der Waals surface area contributed by atoms with Gasteiger partial charge in [-0.2, -0.15) is 0 Å². The smallest absolute Gasteiger partial charge is 0.0126 e. The first-order valence-corrected chi connectivity index (χ1v) is 6.24. The van der Waals surface area contributed by atoms with Gasteiger partial charge in [-0.05, 0) is 43.7 Å². The van der Waals surface area contributed by atoms with E-state index in [4.69, 9.17) is 0 Å². The van der Waals surface area contributed by atoms with Crippen molar-refractivity contribution >= 4 is 0 Å². The Morgan fingerprint density at radius 3 is 2.29 bits per heavy atom. The molecule has 0 aromatic carbocycles. The van der Waals surface area contributed by atoms with Gasteiger partial charge in [-0.3, -0.25) is 0 Å². The van der Waals surface area contributed by atoms with E-state index in [-0.39, 0.29) is 0 Å². The Bertz CT molecular complexity index is 169. The highest BCUT2D eigenvalue weighted by atomic mass is 15.2. The van der Waals surface area contributed by atoms with Crippen molar-refractivity contribution in [2.24, 2.45) is 11.3 Å². The maximum absolute atomic E-state index is 2.68. The van der Waals surface area contributed by atoms with Crippen LogP contribution < -0.4 is 0 Å². The lowest BCUT2D eigenvalue weighted by Gasteiger charge is -2.46. The van der Waals surface area contributed by atoms with E-state index in [1.807, 2.05) is 0 Å². The summed E-state index contributed by atoms with van der Waals surface area (Å²) in [4.78, 5) is 2.68. The summed E-state index contributed by atoms with van der Waals surface area (Å²) in [5.74, 6) is 0.890. The van der Waals surface area contributed by atoms with Gasteiger partial charge >= 0.3 is 0 Å². The van der Waals surface area contributed by atoms with E-state index >= 15 is 0 Å². The van der Waals surface area contributed by atoms with Crippen LogP contribution in [0.15, 0.2) is 0 Å². The van der Waals surface area contributed by atoms with Gasteiger partial charge < -0.3 is 4.90 Å². The molecular formula is C13H27N. The molecule has 0 aromatic rings. The van der Waals surface area contributed by atoms with E-state index in [1.54, 1.807) is 0 Å². The molecule has 0 N–H and O–H groups in total. The standard InChI is InChI=1S/C13H27N/c1-6-12-11(13(3,4)5)9-8-10-14(12)7-2/h11-12H,6-10H2,1-5H3/t11-,12+/m0/s1. The zero-order valence-corrected chi connectivity index (χ0v) is 10.6. The van der Waals surface area contributed by atoms with E-state index in [1.165, 1.54) is 32.4 Å². The molecule has 2 atom stereocenters. The molecule has 0 bridgehead atoms. The maximum Gasteiger partial charge on any atom is 0.0126 e. The third-order valence-corrected chi connectivity index (χ3v) is 3.83. The molecule has 1 aliphatic rings. The minimum Gasteiger partial charge on any atom is -0.300 e. The molecule has 1 heteroatoms. The molecule has 0 unspecified atom stereocenters. The summed E-state index contributed by atoms with van der Waals surface area (Å²) in [5, 5.41) is 0. The van der Waals surface area contributed by atoms with Crippen molar-refractivity contribution in [3.63, 3.8) is 0 Å². The van der Waals surface area contributed by atoms with Crippen molar-refractivity contribution < 1.29 is 0 Å². The fraction of sp³-hybridized carbons (Fsp3) is 1.00. The number of likely N-dealkylation sites (tertiary alicyclic amines) is 1. The summed E-state index contributed by atoms with van der Waals surface area (Å²) in [6, 6.07) is 0.828. The van der Waals surface area contributed by atoms with Crippen LogP contribution in [0.5, 0.6) is 0 Å². The molecule has 0 spiro atoms. The molecule has 14 heavy (non-hydrogen) atoms. The summed E-state index contributed by atoms with van der Waals surface area (Å²) in [7, 11) is 0. The highest BCUT2D eigenvalue weighted by molar-refractivity contribution is 4.89. The topological polar surface area (TPSA) is 3.24 Å². The molecular weight excluding hydrogens is 170 g/mol. The average Bonchev–Trinajstić information content (AvgIpc) is 2.15. The Kier molecular flexibility index (Phi) is 4.00. The van der Waals surface area contributed by atoms with Crippen LogP contribution in [0.1, 0.15) is 53.9 Å². The number of nitrogens with zero attached hydrogens (tertiary/aromatic N) is 1. The second kappa shape index (κ2) is 4.65.